The topological polar surface area (TPSA) is 66.0 Å². The average molecular weight is 274 g/mol. The second-order valence-corrected chi connectivity index (χ2v) is 4.61. The van der Waals surface area contributed by atoms with Crippen molar-refractivity contribution in [1.29, 1.82) is 5.41 Å². The zero-order chi connectivity index (χ0) is 14.8. The minimum atomic E-state index is -4.31. The molecule has 1 rings (SSSR count). The highest BCUT2D eigenvalue weighted by Crippen LogP contribution is 2.23. The summed E-state index contributed by atoms with van der Waals surface area (Å²) in [5.74, 6) is -0.0139. The number of nitrogen functional groups attached to an aromatic ring is 1. The van der Waals surface area contributed by atoms with Crippen molar-refractivity contribution in [3.05, 3.63) is 23.4 Å². The lowest BCUT2D eigenvalue weighted by atomic mass is 10.2. The first-order chi connectivity index (χ1) is 8.60. The number of aromatic nitrogens is 1. The van der Waals surface area contributed by atoms with Gasteiger partial charge in [-0.2, -0.15) is 13.2 Å². The molecule has 0 aliphatic carbocycles. The third kappa shape index (κ3) is 4.42. The maximum atomic E-state index is 12.6. The zero-order valence-corrected chi connectivity index (χ0v) is 11.0. The first kappa shape index (κ1) is 15.3. The number of halogens is 3. The fraction of sp³-hybridized carbons (Fsp3) is 0.500. The van der Waals surface area contributed by atoms with Gasteiger partial charge >= 0.3 is 6.18 Å². The summed E-state index contributed by atoms with van der Waals surface area (Å²) in [4.78, 5) is 5.23. The number of anilines is 1. The third-order valence-electron chi connectivity index (χ3n) is 2.52. The molecule has 106 valence electrons. The summed E-state index contributed by atoms with van der Waals surface area (Å²) in [7, 11) is 0. The fourth-order valence-electron chi connectivity index (χ4n) is 1.67. The molecule has 0 aliphatic rings. The fourth-order valence-corrected chi connectivity index (χ4v) is 1.67. The number of hydrogen-bond donors (Lipinski definition) is 2. The predicted octanol–water partition coefficient (Wildman–Crippen LogP) is 2.45. The molecular weight excluding hydrogens is 257 g/mol. The minimum Gasteiger partial charge on any atom is -0.384 e. The molecule has 0 radical (unpaired) electrons. The van der Waals surface area contributed by atoms with Crippen molar-refractivity contribution < 1.29 is 13.2 Å². The van der Waals surface area contributed by atoms with Crippen LogP contribution in [0, 0.1) is 12.3 Å². The van der Waals surface area contributed by atoms with Gasteiger partial charge in [0.25, 0.3) is 0 Å². The summed E-state index contributed by atoms with van der Waals surface area (Å²) in [5, 5.41) is 7.37. The first-order valence-corrected chi connectivity index (χ1v) is 5.76. The quantitative estimate of drug-likeness (QED) is 0.654. The SMILES string of the molecule is Cc1cc(C(=N)N)cc(N(CC(F)(F)F)C(C)C)n1. The Labute approximate surface area is 109 Å². The van der Waals surface area contributed by atoms with Gasteiger partial charge in [-0.25, -0.2) is 4.98 Å². The zero-order valence-electron chi connectivity index (χ0n) is 11.0. The van der Waals surface area contributed by atoms with E-state index in [4.69, 9.17) is 11.1 Å². The molecule has 0 atom stereocenters. The predicted molar refractivity (Wildman–Crippen MR) is 68.5 cm³/mol. The van der Waals surface area contributed by atoms with Crippen molar-refractivity contribution >= 4 is 11.7 Å². The number of amidine groups is 1. The van der Waals surface area contributed by atoms with E-state index in [1.165, 1.54) is 6.07 Å². The Balaban J connectivity index is 3.19. The highest BCUT2D eigenvalue weighted by molar-refractivity contribution is 5.95. The number of rotatable bonds is 4. The first-order valence-electron chi connectivity index (χ1n) is 5.76. The summed E-state index contributed by atoms with van der Waals surface area (Å²) < 4.78 is 37.7. The Morgan fingerprint density at radius 2 is 2.00 bits per heavy atom. The van der Waals surface area contributed by atoms with Crippen LogP contribution in [0.5, 0.6) is 0 Å². The van der Waals surface area contributed by atoms with Crippen molar-refractivity contribution in [3.8, 4) is 0 Å². The molecule has 3 N–H and O–H groups in total. The van der Waals surface area contributed by atoms with Gasteiger partial charge in [0.2, 0.25) is 0 Å². The van der Waals surface area contributed by atoms with E-state index in [1.54, 1.807) is 26.8 Å². The van der Waals surface area contributed by atoms with E-state index in [0.717, 1.165) is 4.90 Å². The van der Waals surface area contributed by atoms with Gasteiger partial charge in [0.15, 0.2) is 0 Å². The molecule has 19 heavy (non-hydrogen) atoms. The molecule has 0 amide bonds. The van der Waals surface area contributed by atoms with Gasteiger partial charge in [-0.05, 0) is 32.9 Å². The van der Waals surface area contributed by atoms with Crippen LogP contribution in [-0.4, -0.2) is 29.6 Å². The molecule has 7 heteroatoms. The summed E-state index contributed by atoms with van der Waals surface area (Å²) >= 11 is 0. The van der Waals surface area contributed by atoms with Gasteiger partial charge < -0.3 is 10.6 Å². The van der Waals surface area contributed by atoms with Gasteiger partial charge in [0.1, 0.15) is 18.2 Å². The normalized spacial score (nSPS) is 11.7. The third-order valence-corrected chi connectivity index (χ3v) is 2.52. The number of aryl methyl sites for hydroxylation is 1. The van der Waals surface area contributed by atoms with Crippen molar-refractivity contribution in [2.24, 2.45) is 5.73 Å². The molecule has 1 aromatic rings. The Bertz CT molecular complexity index is 469. The molecule has 1 heterocycles. The molecule has 0 unspecified atom stereocenters. The van der Waals surface area contributed by atoms with Crippen LogP contribution in [0.1, 0.15) is 25.1 Å². The van der Waals surface area contributed by atoms with Gasteiger partial charge in [-0.3, -0.25) is 5.41 Å². The number of hydrogen-bond acceptors (Lipinski definition) is 3. The van der Waals surface area contributed by atoms with Crippen molar-refractivity contribution in [1.82, 2.24) is 4.98 Å². The minimum absolute atomic E-state index is 0.178. The van der Waals surface area contributed by atoms with Gasteiger partial charge in [-0.1, -0.05) is 0 Å². The Kier molecular flexibility index (Phi) is 4.39. The average Bonchev–Trinajstić information content (AvgIpc) is 2.23. The van der Waals surface area contributed by atoms with Gasteiger partial charge in [0.05, 0.1) is 0 Å². The number of pyridine rings is 1. The maximum absolute atomic E-state index is 12.6. The lowest BCUT2D eigenvalue weighted by Gasteiger charge is -2.29. The lowest BCUT2D eigenvalue weighted by Crippen LogP contribution is -2.39. The highest BCUT2D eigenvalue weighted by Gasteiger charge is 2.32. The van der Waals surface area contributed by atoms with Crippen LogP contribution in [-0.2, 0) is 0 Å². The smallest absolute Gasteiger partial charge is 0.384 e. The number of nitrogens with zero attached hydrogens (tertiary/aromatic N) is 2. The maximum Gasteiger partial charge on any atom is 0.405 e. The summed E-state index contributed by atoms with van der Waals surface area (Å²) in [6.07, 6.45) is -4.31. The number of nitrogens with two attached hydrogens (primary N) is 1. The van der Waals surface area contributed by atoms with E-state index in [2.05, 4.69) is 4.98 Å². The molecule has 0 fully saturated rings. The Hall–Kier alpha value is -1.79. The summed E-state index contributed by atoms with van der Waals surface area (Å²) in [6, 6.07) is 2.61. The monoisotopic (exact) mass is 274 g/mol. The lowest BCUT2D eigenvalue weighted by molar-refractivity contribution is -0.120. The molecule has 1 aromatic heterocycles. The number of alkyl halides is 3. The second-order valence-electron chi connectivity index (χ2n) is 4.61. The van der Waals surface area contributed by atoms with E-state index in [0.29, 0.717) is 11.3 Å². The summed E-state index contributed by atoms with van der Waals surface area (Å²) in [5.41, 5.74) is 6.26. The molecule has 4 nitrogen and oxygen atoms in total. The van der Waals surface area contributed by atoms with E-state index in [-0.39, 0.29) is 17.7 Å². The van der Waals surface area contributed by atoms with Crippen LogP contribution in [0.2, 0.25) is 0 Å². The van der Waals surface area contributed by atoms with E-state index in [1.807, 2.05) is 0 Å². The van der Waals surface area contributed by atoms with Crippen molar-refractivity contribution in [2.75, 3.05) is 11.4 Å². The van der Waals surface area contributed by atoms with Crippen molar-refractivity contribution in [2.45, 2.75) is 33.0 Å². The van der Waals surface area contributed by atoms with E-state index in [9.17, 15) is 13.2 Å². The van der Waals surface area contributed by atoms with E-state index < -0.39 is 12.7 Å². The molecule has 0 spiro atoms. The van der Waals surface area contributed by atoms with Crippen LogP contribution in [0.3, 0.4) is 0 Å². The van der Waals surface area contributed by atoms with E-state index >= 15 is 0 Å². The van der Waals surface area contributed by atoms with Crippen molar-refractivity contribution in [3.63, 3.8) is 0 Å². The second kappa shape index (κ2) is 5.46. The van der Waals surface area contributed by atoms with Gasteiger partial charge in [-0.15, -0.1) is 0 Å². The summed E-state index contributed by atoms with van der Waals surface area (Å²) in [6.45, 7) is 3.88. The largest absolute Gasteiger partial charge is 0.405 e. The Morgan fingerprint density at radius 1 is 1.42 bits per heavy atom. The molecular formula is C12H17F3N4. The molecule has 0 bridgehead atoms. The van der Waals surface area contributed by atoms with Crippen LogP contribution >= 0.6 is 0 Å². The number of nitrogens with one attached hydrogen (secondary N) is 1. The van der Waals surface area contributed by atoms with Crippen LogP contribution in [0.4, 0.5) is 19.0 Å². The van der Waals surface area contributed by atoms with Crippen LogP contribution < -0.4 is 10.6 Å². The van der Waals surface area contributed by atoms with Gasteiger partial charge in [0, 0.05) is 17.3 Å². The molecule has 0 saturated carbocycles. The molecule has 0 aliphatic heterocycles. The highest BCUT2D eigenvalue weighted by atomic mass is 19.4. The van der Waals surface area contributed by atoms with Crippen LogP contribution in [0.25, 0.3) is 0 Å². The van der Waals surface area contributed by atoms with Crippen LogP contribution in [0.15, 0.2) is 12.1 Å². The molecule has 0 aromatic carbocycles. The standard InChI is InChI=1S/C12H17F3N4/c1-7(2)19(6-12(13,14)15)10-5-9(11(16)17)4-8(3)18-10/h4-5,7H,6H2,1-3H3,(H3,16,17). The Morgan fingerprint density at radius 3 is 2.42 bits per heavy atom. The molecule has 0 saturated heterocycles.